The summed E-state index contributed by atoms with van der Waals surface area (Å²) in [6, 6.07) is 9.50. The molecule has 0 radical (unpaired) electrons. The molecular formula is C17H21N5O3. The summed E-state index contributed by atoms with van der Waals surface area (Å²) >= 11 is 0. The Morgan fingerprint density at radius 3 is 2.60 bits per heavy atom. The topological polar surface area (TPSA) is 116 Å². The number of benzene rings is 1. The van der Waals surface area contributed by atoms with Crippen molar-refractivity contribution >= 4 is 35.0 Å². The molecule has 25 heavy (non-hydrogen) atoms. The molecule has 1 heterocycles. The number of para-hydroxylation sites is 1. The summed E-state index contributed by atoms with van der Waals surface area (Å²) in [7, 11) is 0. The molecule has 4 N–H and O–H groups in total. The number of aliphatic carboxylic acids is 1. The number of carbonyl (C=O) groups excluding carboxylic acids is 1. The molecule has 8 nitrogen and oxygen atoms in total. The van der Waals surface area contributed by atoms with Gasteiger partial charge in [-0.05, 0) is 18.6 Å². The van der Waals surface area contributed by atoms with E-state index in [0.29, 0.717) is 24.0 Å². The van der Waals surface area contributed by atoms with Crippen molar-refractivity contribution in [3.8, 4) is 0 Å². The normalized spacial score (nSPS) is 10.1. The second-order valence-corrected chi connectivity index (χ2v) is 5.32. The number of anilines is 4. The van der Waals surface area contributed by atoms with E-state index in [-0.39, 0.29) is 12.8 Å². The SMILES string of the molecule is CCCNc1nc(Nc2ccccc2)ncc1NC(=O)CCC(=O)O. The van der Waals surface area contributed by atoms with Crippen molar-refractivity contribution in [2.45, 2.75) is 26.2 Å². The fraction of sp³-hybridized carbons (Fsp3) is 0.294. The number of amides is 1. The van der Waals surface area contributed by atoms with Gasteiger partial charge in [-0.2, -0.15) is 4.98 Å². The number of rotatable bonds is 9. The Morgan fingerprint density at radius 1 is 1.16 bits per heavy atom. The Morgan fingerprint density at radius 2 is 1.92 bits per heavy atom. The zero-order chi connectivity index (χ0) is 18.1. The summed E-state index contributed by atoms with van der Waals surface area (Å²) in [4.78, 5) is 31.0. The lowest BCUT2D eigenvalue weighted by atomic mass is 10.3. The average Bonchev–Trinajstić information content (AvgIpc) is 2.61. The van der Waals surface area contributed by atoms with Crippen molar-refractivity contribution in [1.82, 2.24) is 9.97 Å². The Kier molecular flexibility index (Phi) is 6.70. The number of hydrogen-bond donors (Lipinski definition) is 4. The molecule has 0 saturated carbocycles. The predicted molar refractivity (Wildman–Crippen MR) is 96.0 cm³/mol. The van der Waals surface area contributed by atoms with Crippen LogP contribution in [0.15, 0.2) is 36.5 Å². The van der Waals surface area contributed by atoms with Crippen LogP contribution in [0.1, 0.15) is 26.2 Å². The van der Waals surface area contributed by atoms with Gasteiger partial charge in [-0.15, -0.1) is 0 Å². The minimum absolute atomic E-state index is 0.105. The van der Waals surface area contributed by atoms with Gasteiger partial charge < -0.3 is 21.1 Å². The van der Waals surface area contributed by atoms with Crippen molar-refractivity contribution < 1.29 is 14.7 Å². The van der Waals surface area contributed by atoms with Crippen LogP contribution in [0, 0.1) is 0 Å². The molecule has 2 rings (SSSR count). The number of aromatic nitrogens is 2. The number of carboxylic acid groups (broad SMARTS) is 1. The van der Waals surface area contributed by atoms with E-state index in [4.69, 9.17) is 5.11 Å². The van der Waals surface area contributed by atoms with Crippen LogP contribution >= 0.6 is 0 Å². The first-order valence-corrected chi connectivity index (χ1v) is 8.03. The third-order valence-corrected chi connectivity index (χ3v) is 3.20. The smallest absolute Gasteiger partial charge is 0.303 e. The molecule has 1 aromatic carbocycles. The second-order valence-electron chi connectivity index (χ2n) is 5.32. The average molecular weight is 343 g/mol. The fourth-order valence-electron chi connectivity index (χ4n) is 2.00. The van der Waals surface area contributed by atoms with Crippen LogP contribution in [0.25, 0.3) is 0 Å². The van der Waals surface area contributed by atoms with E-state index in [2.05, 4.69) is 25.9 Å². The lowest BCUT2D eigenvalue weighted by Crippen LogP contribution is -2.16. The number of hydrogen-bond acceptors (Lipinski definition) is 6. The van der Waals surface area contributed by atoms with Gasteiger partial charge in [-0.25, -0.2) is 4.98 Å². The van der Waals surface area contributed by atoms with Crippen LogP contribution in [0.4, 0.5) is 23.1 Å². The Labute approximate surface area is 145 Å². The molecule has 8 heteroatoms. The zero-order valence-corrected chi connectivity index (χ0v) is 14.0. The first-order valence-electron chi connectivity index (χ1n) is 8.03. The van der Waals surface area contributed by atoms with Crippen LogP contribution in [-0.4, -0.2) is 33.5 Å². The molecular weight excluding hydrogens is 322 g/mol. The van der Waals surface area contributed by atoms with E-state index >= 15 is 0 Å². The molecule has 0 aliphatic heterocycles. The van der Waals surface area contributed by atoms with Crippen molar-refractivity contribution in [3.05, 3.63) is 36.5 Å². The lowest BCUT2D eigenvalue weighted by Gasteiger charge is -2.13. The molecule has 0 unspecified atom stereocenters. The molecule has 0 spiro atoms. The van der Waals surface area contributed by atoms with Gasteiger partial charge >= 0.3 is 5.97 Å². The van der Waals surface area contributed by atoms with Gasteiger partial charge in [-0.3, -0.25) is 9.59 Å². The van der Waals surface area contributed by atoms with Gasteiger partial charge in [0.05, 0.1) is 12.6 Å². The van der Waals surface area contributed by atoms with Crippen LogP contribution < -0.4 is 16.0 Å². The molecule has 132 valence electrons. The van der Waals surface area contributed by atoms with E-state index in [1.165, 1.54) is 6.20 Å². The quantitative estimate of drug-likeness (QED) is 0.553. The van der Waals surface area contributed by atoms with Gasteiger partial charge in [0.15, 0.2) is 5.82 Å². The molecule has 0 aliphatic carbocycles. The molecule has 1 amide bonds. The molecule has 0 saturated heterocycles. The second kappa shape index (κ2) is 9.21. The highest BCUT2D eigenvalue weighted by atomic mass is 16.4. The van der Waals surface area contributed by atoms with Gasteiger partial charge in [0, 0.05) is 18.7 Å². The Hall–Kier alpha value is -3.16. The number of carboxylic acids is 1. The van der Waals surface area contributed by atoms with Gasteiger partial charge in [0.25, 0.3) is 0 Å². The Bertz CT molecular complexity index is 721. The molecule has 0 fully saturated rings. The summed E-state index contributed by atoms with van der Waals surface area (Å²) in [5.41, 5.74) is 1.27. The summed E-state index contributed by atoms with van der Waals surface area (Å²) in [5.74, 6) is -0.528. The highest BCUT2D eigenvalue weighted by Gasteiger charge is 2.12. The van der Waals surface area contributed by atoms with E-state index in [1.54, 1.807) is 0 Å². The van der Waals surface area contributed by atoms with Gasteiger partial charge in [0.1, 0.15) is 5.69 Å². The third-order valence-electron chi connectivity index (χ3n) is 3.20. The molecule has 2 aromatic rings. The molecule has 0 bridgehead atoms. The highest BCUT2D eigenvalue weighted by molar-refractivity contribution is 5.94. The van der Waals surface area contributed by atoms with E-state index in [9.17, 15) is 9.59 Å². The molecule has 1 aromatic heterocycles. The largest absolute Gasteiger partial charge is 0.481 e. The predicted octanol–water partition coefficient (Wildman–Crippen LogP) is 2.85. The summed E-state index contributed by atoms with van der Waals surface area (Å²) < 4.78 is 0. The first kappa shape index (κ1) is 18.2. The molecule has 0 aliphatic rings. The monoisotopic (exact) mass is 343 g/mol. The summed E-state index contributed by atoms with van der Waals surface area (Å²) in [6.45, 7) is 2.70. The van der Waals surface area contributed by atoms with E-state index < -0.39 is 11.9 Å². The van der Waals surface area contributed by atoms with Crippen LogP contribution in [-0.2, 0) is 9.59 Å². The number of nitrogens with zero attached hydrogens (tertiary/aromatic N) is 2. The fourth-order valence-corrected chi connectivity index (χ4v) is 2.00. The molecule has 0 atom stereocenters. The van der Waals surface area contributed by atoms with Crippen molar-refractivity contribution in [3.63, 3.8) is 0 Å². The number of carbonyl (C=O) groups is 2. The van der Waals surface area contributed by atoms with Gasteiger partial charge in [-0.1, -0.05) is 25.1 Å². The highest BCUT2D eigenvalue weighted by Crippen LogP contribution is 2.22. The van der Waals surface area contributed by atoms with Crippen LogP contribution in [0.3, 0.4) is 0 Å². The summed E-state index contributed by atoms with van der Waals surface area (Å²) in [5, 5.41) is 17.5. The lowest BCUT2D eigenvalue weighted by molar-refractivity contribution is -0.138. The Balaban J connectivity index is 2.12. The van der Waals surface area contributed by atoms with Crippen molar-refractivity contribution in [1.29, 1.82) is 0 Å². The first-order chi connectivity index (χ1) is 12.1. The minimum Gasteiger partial charge on any atom is -0.481 e. The maximum absolute atomic E-state index is 11.8. The number of nitrogens with one attached hydrogen (secondary N) is 3. The maximum Gasteiger partial charge on any atom is 0.303 e. The van der Waals surface area contributed by atoms with E-state index in [0.717, 1.165) is 12.1 Å². The van der Waals surface area contributed by atoms with Crippen molar-refractivity contribution in [2.24, 2.45) is 0 Å². The van der Waals surface area contributed by atoms with Crippen LogP contribution in [0.2, 0.25) is 0 Å². The third kappa shape index (κ3) is 6.09. The summed E-state index contributed by atoms with van der Waals surface area (Å²) in [6.07, 6.45) is 2.05. The minimum atomic E-state index is -1.02. The van der Waals surface area contributed by atoms with Gasteiger partial charge in [0.2, 0.25) is 11.9 Å². The van der Waals surface area contributed by atoms with E-state index in [1.807, 2.05) is 37.3 Å². The van der Waals surface area contributed by atoms with Crippen LogP contribution in [0.5, 0.6) is 0 Å². The van der Waals surface area contributed by atoms with Crippen molar-refractivity contribution in [2.75, 3.05) is 22.5 Å². The standard InChI is InChI=1S/C17H21N5O3/c1-2-10-18-16-13(21-14(23)8-9-15(24)25)11-19-17(22-16)20-12-6-4-3-5-7-12/h3-7,11H,2,8-10H2,1H3,(H,21,23)(H,24,25)(H2,18,19,20,22). The zero-order valence-electron chi connectivity index (χ0n) is 14.0. The maximum atomic E-state index is 11.8.